The molecule has 0 bridgehead atoms. The monoisotopic (exact) mass is 403 g/mol. The summed E-state index contributed by atoms with van der Waals surface area (Å²) in [7, 11) is 2.07. The summed E-state index contributed by atoms with van der Waals surface area (Å²) in [5, 5.41) is 0. The lowest BCUT2D eigenvalue weighted by molar-refractivity contribution is 0.0996. The summed E-state index contributed by atoms with van der Waals surface area (Å²) in [6.45, 7) is 9.43. The lowest BCUT2D eigenvalue weighted by atomic mass is 9.92. The highest BCUT2D eigenvalue weighted by atomic mass is 79.9. The molecule has 0 radical (unpaired) electrons. The molecule has 5 heteroatoms. The molecular formula is C20H26BrN3O. The Labute approximate surface area is 157 Å². The molecular weight excluding hydrogens is 378 g/mol. The van der Waals surface area contributed by atoms with Gasteiger partial charge in [0, 0.05) is 40.8 Å². The number of rotatable bonds is 3. The summed E-state index contributed by atoms with van der Waals surface area (Å²) in [4.78, 5) is 17.3. The van der Waals surface area contributed by atoms with Gasteiger partial charge in [-0.25, -0.2) is 0 Å². The predicted molar refractivity (Wildman–Crippen MR) is 104 cm³/mol. The molecule has 1 aliphatic carbocycles. The van der Waals surface area contributed by atoms with E-state index in [2.05, 4.69) is 64.2 Å². The van der Waals surface area contributed by atoms with Gasteiger partial charge in [0.25, 0.3) is 5.91 Å². The summed E-state index contributed by atoms with van der Waals surface area (Å²) in [5.41, 5.74) is 3.52. The third-order valence-corrected chi connectivity index (χ3v) is 5.71. The Morgan fingerprint density at radius 1 is 1.32 bits per heavy atom. The first-order chi connectivity index (χ1) is 11.7. The van der Waals surface area contributed by atoms with Crippen molar-refractivity contribution in [1.29, 1.82) is 0 Å². The average Bonchev–Trinajstić information content (AvgIpc) is 3.28. The second kappa shape index (κ2) is 6.60. The first-order valence-electron chi connectivity index (χ1n) is 8.80. The number of hydrogen-bond donors (Lipinski definition) is 0. The van der Waals surface area contributed by atoms with Crippen molar-refractivity contribution in [3.63, 3.8) is 0 Å². The van der Waals surface area contributed by atoms with Crippen molar-refractivity contribution < 1.29 is 4.79 Å². The van der Waals surface area contributed by atoms with E-state index in [0.717, 1.165) is 22.1 Å². The van der Waals surface area contributed by atoms with Crippen LogP contribution in [0.3, 0.4) is 0 Å². The van der Waals surface area contributed by atoms with E-state index in [0.29, 0.717) is 11.5 Å². The zero-order valence-corrected chi connectivity index (χ0v) is 17.2. The quantitative estimate of drug-likeness (QED) is 0.750. The van der Waals surface area contributed by atoms with E-state index >= 15 is 0 Å². The molecule has 3 rings (SSSR count). The molecule has 1 saturated carbocycles. The number of aromatic nitrogens is 2. The third-order valence-electron chi connectivity index (χ3n) is 4.85. The molecule has 0 spiro atoms. The topological polar surface area (TPSA) is 39.3 Å². The van der Waals surface area contributed by atoms with E-state index in [4.69, 9.17) is 0 Å². The van der Waals surface area contributed by atoms with Gasteiger partial charge >= 0.3 is 0 Å². The van der Waals surface area contributed by atoms with Crippen LogP contribution in [0.5, 0.6) is 0 Å². The zero-order valence-electron chi connectivity index (χ0n) is 15.6. The van der Waals surface area contributed by atoms with E-state index in [1.165, 1.54) is 18.5 Å². The Balaban J connectivity index is 2.09. The van der Waals surface area contributed by atoms with Gasteiger partial charge in [0.2, 0.25) is 0 Å². The molecule has 1 aromatic heterocycles. The van der Waals surface area contributed by atoms with E-state index < -0.39 is 0 Å². The molecule has 25 heavy (non-hydrogen) atoms. The van der Waals surface area contributed by atoms with Gasteiger partial charge in [-0.1, -0.05) is 42.8 Å². The Kier molecular flexibility index (Phi) is 4.80. The molecule has 0 aliphatic heterocycles. The van der Waals surface area contributed by atoms with Crippen molar-refractivity contribution >= 4 is 21.8 Å². The molecule has 0 N–H and O–H groups in total. The Morgan fingerprint density at radius 3 is 2.60 bits per heavy atom. The SMILES string of the molecule is Cc1c(Br)cccc1C(=O)/N=c1\cc(C(C)(C)C)n(C)n1CC1CC1. The standard InChI is InChI=1S/C20H26BrN3O/c1-13-15(7-6-8-16(13)21)19(25)22-18-11-17(20(2,3)4)23(5)24(18)12-14-9-10-14/h6-8,11,14H,9-10,12H2,1-5H3/b22-18+. The number of amides is 1. The minimum atomic E-state index is -0.186. The number of carbonyl (C=O) groups is 1. The van der Waals surface area contributed by atoms with Gasteiger partial charge in [-0.3, -0.25) is 14.2 Å². The largest absolute Gasteiger partial charge is 0.291 e. The van der Waals surface area contributed by atoms with Gasteiger partial charge in [0.1, 0.15) is 0 Å². The lowest BCUT2D eigenvalue weighted by Crippen LogP contribution is -2.26. The summed E-state index contributed by atoms with van der Waals surface area (Å²) < 4.78 is 5.25. The van der Waals surface area contributed by atoms with Crippen LogP contribution < -0.4 is 5.49 Å². The highest BCUT2D eigenvalue weighted by molar-refractivity contribution is 9.10. The van der Waals surface area contributed by atoms with Crippen LogP contribution in [-0.4, -0.2) is 15.3 Å². The van der Waals surface area contributed by atoms with Crippen LogP contribution in [-0.2, 0) is 19.0 Å². The summed E-state index contributed by atoms with van der Waals surface area (Å²) >= 11 is 3.49. The molecule has 1 fully saturated rings. The van der Waals surface area contributed by atoms with Crippen LogP contribution in [0.2, 0.25) is 0 Å². The van der Waals surface area contributed by atoms with E-state index in [1.807, 2.05) is 25.1 Å². The molecule has 1 heterocycles. The van der Waals surface area contributed by atoms with Crippen LogP contribution in [0.25, 0.3) is 0 Å². The van der Waals surface area contributed by atoms with Gasteiger partial charge in [-0.2, -0.15) is 4.99 Å². The molecule has 1 amide bonds. The minimum absolute atomic E-state index is 0.00254. The third kappa shape index (κ3) is 3.81. The highest BCUT2D eigenvalue weighted by Gasteiger charge is 2.26. The zero-order chi connectivity index (χ0) is 18.4. The fourth-order valence-corrected chi connectivity index (χ4v) is 3.50. The molecule has 0 saturated heterocycles. The second-order valence-corrected chi connectivity index (χ2v) is 8.87. The molecule has 1 aromatic carbocycles. The van der Waals surface area contributed by atoms with E-state index in [9.17, 15) is 4.79 Å². The predicted octanol–water partition coefficient (Wildman–Crippen LogP) is 4.35. The first kappa shape index (κ1) is 18.2. The molecule has 0 atom stereocenters. The van der Waals surface area contributed by atoms with Crippen molar-refractivity contribution in [3.05, 3.63) is 51.0 Å². The van der Waals surface area contributed by atoms with Crippen LogP contribution >= 0.6 is 15.9 Å². The number of nitrogens with zero attached hydrogens (tertiary/aromatic N) is 3. The van der Waals surface area contributed by atoms with Crippen LogP contribution in [0.4, 0.5) is 0 Å². The number of carbonyl (C=O) groups excluding carboxylic acids is 1. The van der Waals surface area contributed by atoms with Crippen LogP contribution in [0.15, 0.2) is 33.7 Å². The molecule has 2 aromatic rings. The number of benzene rings is 1. The number of halogens is 1. The fourth-order valence-electron chi connectivity index (χ4n) is 3.13. The molecule has 134 valence electrons. The highest BCUT2D eigenvalue weighted by Crippen LogP contribution is 2.31. The van der Waals surface area contributed by atoms with Gasteiger partial charge in [-0.15, -0.1) is 0 Å². The Morgan fingerprint density at radius 2 is 2.00 bits per heavy atom. The number of hydrogen-bond acceptors (Lipinski definition) is 1. The second-order valence-electron chi connectivity index (χ2n) is 8.02. The maximum atomic E-state index is 12.8. The van der Waals surface area contributed by atoms with E-state index in [-0.39, 0.29) is 11.3 Å². The smallest absolute Gasteiger partial charge is 0.279 e. The van der Waals surface area contributed by atoms with Crippen molar-refractivity contribution in [1.82, 2.24) is 9.36 Å². The van der Waals surface area contributed by atoms with Crippen LogP contribution in [0, 0.1) is 12.8 Å². The van der Waals surface area contributed by atoms with Crippen molar-refractivity contribution in [3.8, 4) is 0 Å². The van der Waals surface area contributed by atoms with Gasteiger partial charge in [0.05, 0.1) is 0 Å². The van der Waals surface area contributed by atoms with E-state index in [1.54, 1.807) is 0 Å². The van der Waals surface area contributed by atoms with Gasteiger partial charge in [-0.05, 0) is 43.4 Å². The normalized spacial score (nSPS) is 15.7. The summed E-state index contributed by atoms with van der Waals surface area (Å²) in [5.74, 6) is 0.525. The Bertz CT molecular complexity index is 879. The molecule has 0 unspecified atom stereocenters. The van der Waals surface area contributed by atoms with Crippen molar-refractivity contribution in [2.75, 3.05) is 0 Å². The fraction of sp³-hybridized carbons (Fsp3) is 0.500. The maximum Gasteiger partial charge on any atom is 0.279 e. The minimum Gasteiger partial charge on any atom is -0.291 e. The average molecular weight is 404 g/mol. The molecule has 4 nitrogen and oxygen atoms in total. The van der Waals surface area contributed by atoms with Crippen molar-refractivity contribution in [2.24, 2.45) is 18.0 Å². The van der Waals surface area contributed by atoms with Crippen LogP contribution in [0.1, 0.15) is 55.2 Å². The first-order valence-corrected chi connectivity index (χ1v) is 9.59. The lowest BCUT2D eigenvalue weighted by Gasteiger charge is -2.20. The van der Waals surface area contributed by atoms with Gasteiger partial charge in [0.15, 0.2) is 5.49 Å². The summed E-state index contributed by atoms with van der Waals surface area (Å²) in [6.07, 6.45) is 2.53. The van der Waals surface area contributed by atoms with Crippen molar-refractivity contribution in [2.45, 2.75) is 52.5 Å². The van der Waals surface area contributed by atoms with Gasteiger partial charge < -0.3 is 0 Å². The molecule has 1 aliphatic rings. The maximum absolute atomic E-state index is 12.8. The summed E-state index contributed by atoms with van der Waals surface area (Å²) in [6, 6.07) is 7.72. The Hall–Kier alpha value is -1.62.